The van der Waals surface area contributed by atoms with Crippen molar-refractivity contribution >= 4 is 33.2 Å². The third kappa shape index (κ3) is 6.64. The van der Waals surface area contributed by atoms with Crippen molar-refractivity contribution in [1.82, 2.24) is 5.32 Å². The van der Waals surface area contributed by atoms with Gasteiger partial charge in [0.25, 0.3) is 10.0 Å². The molecular formula is C25H26ClFN2O5S. The van der Waals surface area contributed by atoms with Gasteiger partial charge in [0.05, 0.1) is 24.8 Å². The van der Waals surface area contributed by atoms with Crippen LogP contribution in [-0.2, 0) is 21.2 Å². The maximum Gasteiger partial charge on any atom is 0.264 e. The van der Waals surface area contributed by atoms with Gasteiger partial charge in [-0.15, -0.1) is 0 Å². The molecule has 7 nitrogen and oxygen atoms in total. The van der Waals surface area contributed by atoms with E-state index in [0.717, 1.165) is 22.0 Å². The number of amides is 1. The number of rotatable bonds is 11. The highest BCUT2D eigenvalue weighted by Crippen LogP contribution is 2.32. The van der Waals surface area contributed by atoms with E-state index in [2.05, 4.69) is 5.32 Å². The Balaban J connectivity index is 1.78. The summed E-state index contributed by atoms with van der Waals surface area (Å²) in [4.78, 5) is 12.6. The fourth-order valence-corrected chi connectivity index (χ4v) is 5.09. The molecule has 0 heterocycles. The first-order chi connectivity index (χ1) is 16.8. The zero-order valence-corrected chi connectivity index (χ0v) is 20.9. The second-order valence-corrected chi connectivity index (χ2v) is 9.82. The predicted octanol–water partition coefficient (Wildman–Crippen LogP) is 4.44. The normalized spacial score (nSPS) is 11.1. The van der Waals surface area contributed by atoms with E-state index >= 15 is 0 Å². The van der Waals surface area contributed by atoms with Gasteiger partial charge >= 0.3 is 0 Å². The van der Waals surface area contributed by atoms with Crippen molar-refractivity contribution in [3.63, 3.8) is 0 Å². The van der Waals surface area contributed by atoms with Gasteiger partial charge in [-0.3, -0.25) is 9.10 Å². The fourth-order valence-electron chi connectivity index (χ4n) is 3.42. The number of methoxy groups -OCH3 is 2. The number of carbonyl (C=O) groups excluding carboxylic acids is 1. The minimum Gasteiger partial charge on any atom is -0.493 e. The summed E-state index contributed by atoms with van der Waals surface area (Å²) in [5.41, 5.74) is 1.11. The third-order valence-electron chi connectivity index (χ3n) is 5.25. The Morgan fingerprint density at radius 1 is 1.00 bits per heavy atom. The maximum atomic E-state index is 13.5. The first-order valence-electron chi connectivity index (χ1n) is 10.8. The van der Waals surface area contributed by atoms with E-state index in [1.54, 1.807) is 6.07 Å². The Morgan fingerprint density at radius 3 is 2.34 bits per heavy atom. The van der Waals surface area contributed by atoms with Gasteiger partial charge in [0, 0.05) is 17.6 Å². The number of halogens is 2. The van der Waals surface area contributed by atoms with E-state index in [1.165, 1.54) is 44.6 Å². The second-order valence-electron chi connectivity index (χ2n) is 7.55. The molecule has 0 radical (unpaired) electrons. The van der Waals surface area contributed by atoms with Crippen LogP contribution in [0.4, 0.5) is 10.1 Å². The number of carbonyl (C=O) groups is 1. The van der Waals surface area contributed by atoms with Crippen molar-refractivity contribution in [2.75, 3.05) is 31.6 Å². The summed E-state index contributed by atoms with van der Waals surface area (Å²) in [5, 5.41) is 3.40. The van der Waals surface area contributed by atoms with E-state index in [4.69, 9.17) is 21.1 Å². The van der Waals surface area contributed by atoms with Crippen molar-refractivity contribution < 1.29 is 27.1 Å². The number of hydrogen-bond acceptors (Lipinski definition) is 5. The van der Waals surface area contributed by atoms with Crippen LogP contribution in [0.15, 0.2) is 71.6 Å². The number of aryl methyl sites for hydroxylation is 1. The molecule has 0 saturated carbocycles. The van der Waals surface area contributed by atoms with E-state index in [0.29, 0.717) is 30.2 Å². The zero-order valence-electron chi connectivity index (χ0n) is 19.3. The molecular weight excluding hydrogens is 495 g/mol. The molecule has 3 aromatic carbocycles. The summed E-state index contributed by atoms with van der Waals surface area (Å²) in [5.74, 6) is -0.452. The van der Waals surface area contributed by atoms with Crippen molar-refractivity contribution in [2.24, 2.45) is 0 Å². The Morgan fingerprint density at radius 2 is 1.69 bits per heavy atom. The molecule has 0 saturated heterocycles. The molecule has 0 aliphatic heterocycles. The van der Waals surface area contributed by atoms with Gasteiger partial charge < -0.3 is 14.8 Å². The van der Waals surface area contributed by atoms with Crippen molar-refractivity contribution in [3.8, 4) is 11.5 Å². The Hall–Kier alpha value is -3.30. The molecule has 186 valence electrons. The summed E-state index contributed by atoms with van der Waals surface area (Å²) in [6.07, 6.45) is 1.28. The van der Waals surface area contributed by atoms with Crippen molar-refractivity contribution in [2.45, 2.75) is 17.7 Å². The van der Waals surface area contributed by atoms with Crippen LogP contribution in [0.5, 0.6) is 11.5 Å². The smallest absolute Gasteiger partial charge is 0.264 e. The molecule has 35 heavy (non-hydrogen) atoms. The molecule has 0 aromatic heterocycles. The standard InChI is InChI=1S/C25H26ClFN2O5S/c1-33-23-14-13-21(16-24(23)34-2)35(31,32)29(20-11-9-19(27)10-12-20)17-25(30)28-15-5-7-18-6-3-4-8-22(18)26/h3-4,6,8-14,16H,5,7,15,17H2,1-2H3,(H,28,30). The summed E-state index contributed by atoms with van der Waals surface area (Å²) in [6, 6.07) is 16.4. The lowest BCUT2D eigenvalue weighted by atomic mass is 10.1. The average molecular weight is 521 g/mol. The number of sulfonamides is 1. The Kier molecular flexibility index (Phi) is 8.95. The Labute approximate surface area is 209 Å². The highest BCUT2D eigenvalue weighted by molar-refractivity contribution is 7.92. The minimum absolute atomic E-state index is 0.106. The molecule has 0 fully saturated rings. The third-order valence-corrected chi connectivity index (χ3v) is 7.39. The SMILES string of the molecule is COc1ccc(S(=O)(=O)N(CC(=O)NCCCc2ccccc2Cl)c2ccc(F)cc2)cc1OC. The molecule has 0 aliphatic carbocycles. The van der Waals surface area contributed by atoms with Gasteiger partial charge in [0.2, 0.25) is 5.91 Å². The van der Waals surface area contributed by atoms with Crippen LogP contribution in [0.3, 0.4) is 0 Å². The van der Waals surface area contributed by atoms with E-state index in [-0.39, 0.29) is 16.3 Å². The van der Waals surface area contributed by atoms with Crippen LogP contribution in [0, 0.1) is 5.82 Å². The number of hydrogen-bond donors (Lipinski definition) is 1. The minimum atomic E-state index is -4.20. The topological polar surface area (TPSA) is 84.9 Å². The quantitative estimate of drug-likeness (QED) is 0.378. The Bertz CT molecular complexity index is 1270. The first kappa shape index (κ1) is 26.3. The van der Waals surface area contributed by atoms with Crippen LogP contribution >= 0.6 is 11.6 Å². The number of ether oxygens (including phenoxy) is 2. The lowest BCUT2D eigenvalue weighted by Gasteiger charge is -2.24. The van der Waals surface area contributed by atoms with Crippen LogP contribution in [0.2, 0.25) is 5.02 Å². The van der Waals surface area contributed by atoms with Gasteiger partial charge in [0.15, 0.2) is 11.5 Å². The summed E-state index contributed by atoms with van der Waals surface area (Å²) >= 11 is 6.16. The van der Waals surface area contributed by atoms with Gasteiger partial charge in [-0.2, -0.15) is 0 Å². The van der Waals surface area contributed by atoms with Gasteiger partial charge in [0.1, 0.15) is 12.4 Å². The highest BCUT2D eigenvalue weighted by atomic mass is 35.5. The van der Waals surface area contributed by atoms with Crippen LogP contribution in [0.25, 0.3) is 0 Å². The molecule has 0 atom stereocenters. The van der Waals surface area contributed by atoms with Gasteiger partial charge in [-0.25, -0.2) is 12.8 Å². The monoisotopic (exact) mass is 520 g/mol. The fraction of sp³-hybridized carbons (Fsp3) is 0.240. The number of benzene rings is 3. The van der Waals surface area contributed by atoms with Crippen molar-refractivity contribution in [3.05, 3.63) is 83.1 Å². The molecule has 3 rings (SSSR count). The average Bonchev–Trinajstić information content (AvgIpc) is 2.86. The van der Waals surface area contributed by atoms with Crippen LogP contribution < -0.4 is 19.1 Å². The molecule has 0 bridgehead atoms. The lowest BCUT2D eigenvalue weighted by molar-refractivity contribution is -0.119. The van der Waals surface area contributed by atoms with Gasteiger partial charge in [-0.05, 0) is 60.9 Å². The predicted molar refractivity (Wildman–Crippen MR) is 133 cm³/mol. The largest absolute Gasteiger partial charge is 0.493 e. The van der Waals surface area contributed by atoms with E-state index < -0.39 is 28.3 Å². The molecule has 0 spiro atoms. The molecule has 0 unspecified atom stereocenters. The van der Waals surface area contributed by atoms with Gasteiger partial charge in [-0.1, -0.05) is 29.8 Å². The number of anilines is 1. The first-order valence-corrected chi connectivity index (χ1v) is 12.6. The number of nitrogens with one attached hydrogen (secondary N) is 1. The second kappa shape index (κ2) is 11.9. The van der Waals surface area contributed by atoms with Crippen molar-refractivity contribution in [1.29, 1.82) is 0 Å². The maximum absolute atomic E-state index is 13.5. The molecule has 1 N–H and O–H groups in total. The van der Waals surface area contributed by atoms with Crippen LogP contribution in [0.1, 0.15) is 12.0 Å². The molecule has 0 aliphatic rings. The van der Waals surface area contributed by atoms with E-state index in [9.17, 15) is 17.6 Å². The highest BCUT2D eigenvalue weighted by Gasteiger charge is 2.28. The summed E-state index contributed by atoms with van der Waals surface area (Å²) in [7, 11) is -1.37. The molecule has 1 amide bonds. The lowest BCUT2D eigenvalue weighted by Crippen LogP contribution is -2.41. The number of nitrogens with zero attached hydrogens (tertiary/aromatic N) is 1. The molecule has 3 aromatic rings. The molecule has 10 heteroatoms. The van der Waals surface area contributed by atoms with E-state index in [1.807, 2.05) is 18.2 Å². The van der Waals surface area contributed by atoms with Crippen LogP contribution in [-0.4, -0.2) is 41.6 Å². The summed E-state index contributed by atoms with van der Waals surface area (Å²) in [6.45, 7) is -0.161. The zero-order chi connectivity index (χ0) is 25.4. The summed E-state index contributed by atoms with van der Waals surface area (Å²) < 4.78 is 51.8.